The van der Waals surface area contributed by atoms with Crippen molar-refractivity contribution in [3.63, 3.8) is 0 Å². The van der Waals surface area contributed by atoms with E-state index in [0.717, 1.165) is 16.5 Å². The normalized spacial score (nSPS) is 10.0. The van der Waals surface area contributed by atoms with Gasteiger partial charge in [0.05, 0.1) is 5.69 Å². The molecule has 0 aromatic heterocycles. The van der Waals surface area contributed by atoms with Crippen LogP contribution in [0.4, 0.5) is 5.69 Å². The van der Waals surface area contributed by atoms with Crippen LogP contribution in [0, 0.1) is 0 Å². The van der Waals surface area contributed by atoms with Crippen LogP contribution >= 0.6 is 15.9 Å². The van der Waals surface area contributed by atoms with Gasteiger partial charge in [0.1, 0.15) is 0 Å². The summed E-state index contributed by atoms with van der Waals surface area (Å²) in [6.07, 6.45) is 0.839. The minimum atomic E-state index is -0.174. The summed E-state index contributed by atoms with van der Waals surface area (Å²) in [5.74, 6) is -0.237. The minimum Gasteiger partial charge on any atom is -0.326 e. The Morgan fingerprint density at radius 2 is 1.94 bits per heavy atom. The van der Waals surface area contributed by atoms with E-state index in [1.54, 1.807) is 6.07 Å². The number of amides is 1. The van der Waals surface area contributed by atoms with Crippen LogP contribution in [-0.4, -0.2) is 11.7 Å². The van der Waals surface area contributed by atoms with Gasteiger partial charge in [-0.1, -0.05) is 22.9 Å². The van der Waals surface area contributed by atoms with E-state index in [4.69, 9.17) is 0 Å². The zero-order valence-corrected chi connectivity index (χ0v) is 11.1. The lowest BCUT2D eigenvalue weighted by Gasteiger charge is -2.11. The van der Waals surface area contributed by atoms with Gasteiger partial charge in [0.15, 0.2) is 5.78 Å². The maximum atomic E-state index is 11.4. The first-order chi connectivity index (χ1) is 7.45. The first kappa shape index (κ1) is 12.9. The molecule has 0 atom stereocenters. The third-order valence-electron chi connectivity index (χ3n) is 2.26. The van der Waals surface area contributed by atoms with E-state index in [2.05, 4.69) is 21.2 Å². The number of hydrogen-bond acceptors (Lipinski definition) is 2. The number of carbonyl (C=O) groups excluding carboxylic acids is 2. The minimum absolute atomic E-state index is 0.0629. The monoisotopic (exact) mass is 283 g/mol. The van der Waals surface area contributed by atoms with Gasteiger partial charge in [-0.3, -0.25) is 9.59 Å². The van der Waals surface area contributed by atoms with E-state index in [-0.39, 0.29) is 11.7 Å². The van der Waals surface area contributed by atoms with Crippen molar-refractivity contribution in [3.05, 3.63) is 27.7 Å². The molecular weight excluding hydrogens is 270 g/mol. The number of rotatable bonds is 3. The van der Waals surface area contributed by atoms with Crippen LogP contribution in [0.1, 0.15) is 36.7 Å². The molecule has 1 rings (SSSR count). The highest BCUT2D eigenvalue weighted by Crippen LogP contribution is 2.26. The Bertz CT molecular complexity index is 441. The van der Waals surface area contributed by atoms with Gasteiger partial charge in [0.25, 0.3) is 0 Å². The first-order valence-corrected chi connectivity index (χ1v) is 5.86. The van der Waals surface area contributed by atoms with E-state index in [1.165, 1.54) is 13.8 Å². The molecule has 0 unspecified atom stereocenters. The smallest absolute Gasteiger partial charge is 0.221 e. The Morgan fingerprint density at radius 3 is 2.38 bits per heavy atom. The summed E-state index contributed by atoms with van der Waals surface area (Å²) < 4.78 is 0.898. The Hall–Kier alpha value is -1.16. The fraction of sp³-hybridized carbons (Fsp3) is 0.333. The second-order valence-corrected chi connectivity index (χ2v) is 4.43. The SMILES string of the molecule is CCc1cc(NC(C)=O)c(C(C)=O)cc1Br. The third-order valence-corrected chi connectivity index (χ3v) is 3.00. The van der Waals surface area contributed by atoms with Crippen molar-refractivity contribution in [2.75, 3.05) is 5.32 Å². The van der Waals surface area contributed by atoms with Crippen LogP contribution in [0.2, 0.25) is 0 Å². The van der Waals surface area contributed by atoms with Gasteiger partial charge < -0.3 is 5.32 Å². The number of ketones is 1. The van der Waals surface area contributed by atoms with Gasteiger partial charge in [-0.2, -0.15) is 0 Å². The van der Waals surface area contributed by atoms with E-state index >= 15 is 0 Å². The third kappa shape index (κ3) is 2.92. The Labute approximate surface area is 103 Å². The van der Waals surface area contributed by atoms with E-state index in [9.17, 15) is 9.59 Å². The average molecular weight is 284 g/mol. The van der Waals surface area contributed by atoms with Crippen molar-refractivity contribution in [2.24, 2.45) is 0 Å². The molecule has 0 saturated carbocycles. The van der Waals surface area contributed by atoms with Gasteiger partial charge in [-0.05, 0) is 31.0 Å². The highest BCUT2D eigenvalue weighted by atomic mass is 79.9. The summed E-state index contributed by atoms with van der Waals surface area (Å²) in [4.78, 5) is 22.5. The number of anilines is 1. The summed E-state index contributed by atoms with van der Waals surface area (Å²) >= 11 is 3.41. The van der Waals surface area contributed by atoms with E-state index in [0.29, 0.717) is 11.3 Å². The lowest BCUT2D eigenvalue weighted by atomic mass is 10.0. The first-order valence-electron chi connectivity index (χ1n) is 5.06. The molecule has 0 aliphatic carbocycles. The quantitative estimate of drug-likeness (QED) is 0.866. The highest BCUT2D eigenvalue weighted by molar-refractivity contribution is 9.10. The van der Waals surface area contributed by atoms with Crippen molar-refractivity contribution in [2.45, 2.75) is 27.2 Å². The fourth-order valence-corrected chi connectivity index (χ4v) is 2.10. The maximum absolute atomic E-state index is 11.4. The summed E-state index contributed by atoms with van der Waals surface area (Å²) in [6, 6.07) is 3.59. The largest absolute Gasteiger partial charge is 0.326 e. The standard InChI is InChI=1S/C12H14BrNO2/c1-4-9-5-12(14-8(3)16)10(7(2)15)6-11(9)13/h5-6H,4H2,1-3H3,(H,14,16). The molecule has 1 N–H and O–H groups in total. The van der Waals surface area contributed by atoms with Crippen molar-refractivity contribution < 1.29 is 9.59 Å². The van der Waals surface area contributed by atoms with Crippen LogP contribution < -0.4 is 5.32 Å². The number of benzene rings is 1. The molecule has 4 heteroatoms. The van der Waals surface area contributed by atoms with Gasteiger partial charge >= 0.3 is 0 Å². The number of Topliss-reactive ketones (excluding diaryl/α,β-unsaturated/α-hetero) is 1. The molecule has 1 aromatic carbocycles. The Balaban J connectivity index is 3.30. The van der Waals surface area contributed by atoms with Crippen LogP contribution in [0.5, 0.6) is 0 Å². The lowest BCUT2D eigenvalue weighted by molar-refractivity contribution is -0.114. The molecule has 86 valence electrons. The number of nitrogens with one attached hydrogen (secondary N) is 1. The van der Waals surface area contributed by atoms with Gasteiger partial charge in [-0.15, -0.1) is 0 Å². The predicted molar refractivity (Wildman–Crippen MR) is 67.8 cm³/mol. The topological polar surface area (TPSA) is 46.2 Å². The molecule has 0 bridgehead atoms. The number of aryl methyl sites for hydroxylation is 1. The molecule has 0 saturated heterocycles. The molecule has 0 aliphatic rings. The summed E-state index contributed by atoms with van der Waals surface area (Å²) in [5, 5.41) is 2.68. The number of halogens is 1. The summed E-state index contributed by atoms with van der Waals surface area (Å²) in [6.45, 7) is 4.93. The Morgan fingerprint density at radius 1 is 1.31 bits per heavy atom. The Kier molecular flexibility index (Phi) is 4.24. The molecule has 0 fully saturated rings. The second-order valence-electron chi connectivity index (χ2n) is 3.58. The molecule has 0 radical (unpaired) electrons. The zero-order chi connectivity index (χ0) is 12.3. The van der Waals surface area contributed by atoms with Crippen molar-refractivity contribution >= 4 is 33.3 Å². The van der Waals surface area contributed by atoms with Crippen LogP contribution in [0.25, 0.3) is 0 Å². The highest BCUT2D eigenvalue weighted by Gasteiger charge is 2.11. The molecule has 1 aromatic rings. The maximum Gasteiger partial charge on any atom is 0.221 e. The average Bonchev–Trinajstić information content (AvgIpc) is 2.19. The van der Waals surface area contributed by atoms with Crippen molar-refractivity contribution in [1.82, 2.24) is 0 Å². The second kappa shape index (κ2) is 5.25. The van der Waals surface area contributed by atoms with Gasteiger partial charge in [-0.25, -0.2) is 0 Å². The molecular formula is C12H14BrNO2. The molecule has 16 heavy (non-hydrogen) atoms. The van der Waals surface area contributed by atoms with Crippen LogP contribution in [0.15, 0.2) is 16.6 Å². The summed E-state index contributed by atoms with van der Waals surface area (Å²) in [5.41, 5.74) is 2.17. The molecule has 0 spiro atoms. The molecule has 3 nitrogen and oxygen atoms in total. The van der Waals surface area contributed by atoms with Gasteiger partial charge in [0.2, 0.25) is 5.91 Å². The van der Waals surface area contributed by atoms with E-state index in [1.807, 2.05) is 13.0 Å². The number of carbonyl (C=O) groups is 2. The molecule has 0 aliphatic heterocycles. The van der Waals surface area contributed by atoms with E-state index < -0.39 is 0 Å². The molecule has 0 heterocycles. The lowest BCUT2D eigenvalue weighted by Crippen LogP contribution is -2.10. The van der Waals surface area contributed by atoms with Crippen molar-refractivity contribution in [3.8, 4) is 0 Å². The summed E-state index contributed by atoms with van der Waals surface area (Å²) in [7, 11) is 0. The van der Waals surface area contributed by atoms with Crippen LogP contribution in [0.3, 0.4) is 0 Å². The fourth-order valence-electron chi connectivity index (χ4n) is 1.47. The molecule has 1 amide bonds. The van der Waals surface area contributed by atoms with Gasteiger partial charge in [0, 0.05) is 17.0 Å². The van der Waals surface area contributed by atoms with Crippen molar-refractivity contribution in [1.29, 1.82) is 0 Å². The van der Waals surface area contributed by atoms with Crippen LogP contribution in [-0.2, 0) is 11.2 Å². The number of hydrogen-bond donors (Lipinski definition) is 1. The zero-order valence-electron chi connectivity index (χ0n) is 9.56. The predicted octanol–water partition coefficient (Wildman–Crippen LogP) is 3.17.